The average Bonchev–Trinajstić information content (AvgIpc) is 3.17. The van der Waals surface area contributed by atoms with Crippen LogP contribution in [0.3, 0.4) is 0 Å². The molecule has 2 N–H and O–H groups in total. The number of hydrogen-bond donors (Lipinski definition) is 2. The van der Waals surface area contributed by atoms with Gasteiger partial charge in [0.05, 0.1) is 10.6 Å². The normalized spacial score (nSPS) is 13.3. The minimum atomic E-state index is -0.552. The minimum absolute atomic E-state index is 0.0150. The molecule has 0 aliphatic carbocycles. The highest BCUT2D eigenvalue weighted by molar-refractivity contribution is 7.80. The molecular weight excluding hydrogens is 390 g/mol. The van der Waals surface area contributed by atoms with E-state index in [1.54, 1.807) is 24.3 Å². The number of rotatable bonds is 4. The van der Waals surface area contributed by atoms with Gasteiger partial charge in [0, 0.05) is 30.9 Å². The first kappa shape index (κ1) is 19.0. The van der Waals surface area contributed by atoms with Gasteiger partial charge in [0.15, 0.2) is 10.3 Å². The highest BCUT2D eigenvalue weighted by atomic mass is 35.5. The van der Waals surface area contributed by atoms with E-state index in [9.17, 15) is 14.9 Å². The van der Waals surface area contributed by atoms with Crippen molar-refractivity contribution in [2.75, 3.05) is 23.3 Å². The van der Waals surface area contributed by atoms with E-state index in [1.165, 1.54) is 12.3 Å². The van der Waals surface area contributed by atoms with Crippen molar-refractivity contribution in [3.05, 3.63) is 57.4 Å². The molecule has 0 spiro atoms. The Morgan fingerprint density at radius 1 is 1.30 bits per heavy atom. The van der Waals surface area contributed by atoms with Crippen molar-refractivity contribution >= 4 is 51.9 Å². The first-order valence-corrected chi connectivity index (χ1v) is 9.00. The molecule has 1 amide bonds. The van der Waals surface area contributed by atoms with E-state index in [-0.39, 0.29) is 21.5 Å². The molecule has 10 heteroatoms. The lowest BCUT2D eigenvalue weighted by Gasteiger charge is -2.18. The van der Waals surface area contributed by atoms with Gasteiger partial charge in [-0.15, -0.1) is 0 Å². The number of hydrogen-bond acceptors (Lipinski definition) is 6. The number of amides is 1. The van der Waals surface area contributed by atoms with Gasteiger partial charge < -0.3 is 10.2 Å². The van der Waals surface area contributed by atoms with E-state index < -0.39 is 10.8 Å². The van der Waals surface area contributed by atoms with Gasteiger partial charge in [0.1, 0.15) is 5.69 Å². The van der Waals surface area contributed by atoms with E-state index in [4.69, 9.17) is 23.8 Å². The number of carbonyl (C=O) groups is 1. The predicted octanol–water partition coefficient (Wildman–Crippen LogP) is 3.37. The van der Waals surface area contributed by atoms with Crippen molar-refractivity contribution < 1.29 is 9.72 Å². The van der Waals surface area contributed by atoms with Crippen molar-refractivity contribution in [2.45, 2.75) is 12.8 Å². The summed E-state index contributed by atoms with van der Waals surface area (Å²) in [5, 5.41) is 16.9. The number of nitrogens with zero attached hydrogens (tertiary/aromatic N) is 3. The molecular formula is C17H16ClN5O3S. The van der Waals surface area contributed by atoms with Crippen LogP contribution >= 0.6 is 23.8 Å². The summed E-state index contributed by atoms with van der Waals surface area (Å²) in [5.41, 5.74) is 1.02. The molecule has 0 saturated carbocycles. The zero-order valence-corrected chi connectivity index (χ0v) is 15.7. The van der Waals surface area contributed by atoms with Gasteiger partial charge in [0.2, 0.25) is 0 Å². The lowest BCUT2D eigenvalue weighted by molar-refractivity contribution is -0.384. The molecule has 140 valence electrons. The SMILES string of the molecule is O=C(NC(=S)Nc1cccnc1Cl)c1ccc(N2CCCC2)c([N+](=O)[O-])c1. The summed E-state index contributed by atoms with van der Waals surface area (Å²) in [6.07, 6.45) is 3.52. The highest BCUT2D eigenvalue weighted by Gasteiger charge is 2.24. The van der Waals surface area contributed by atoms with Crippen molar-refractivity contribution in [1.29, 1.82) is 0 Å². The Morgan fingerprint density at radius 2 is 2.04 bits per heavy atom. The van der Waals surface area contributed by atoms with Gasteiger partial charge in [-0.2, -0.15) is 0 Å². The second kappa shape index (κ2) is 8.28. The van der Waals surface area contributed by atoms with Crippen LogP contribution in [0.25, 0.3) is 0 Å². The van der Waals surface area contributed by atoms with Crippen molar-refractivity contribution in [3.8, 4) is 0 Å². The Morgan fingerprint density at radius 3 is 2.70 bits per heavy atom. The Balaban J connectivity index is 1.74. The van der Waals surface area contributed by atoms with Gasteiger partial charge in [-0.3, -0.25) is 20.2 Å². The zero-order chi connectivity index (χ0) is 19.4. The number of pyridine rings is 1. The largest absolute Gasteiger partial charge is 0.366 e. The molecule has 1 aromatic carbocycles. The van der Waals surface area contributed by atoms with Gasteiger partial charge in [-0.1, -0.05) is 11.6 Å². The summed E-state index contributed by atoms with van der Waals surface area (Å²) in [5.74, 6) is -0.552. The lowest BCUT2D eigenvalue weighted by atomic mass is 10.1. The molecule has 1 aliphatic rings. The second-order valence-corrected chi connectivity index (χ2v) is 6.67. The van der Waals surface area contributed by atoms with E-state index in [0.29, 0.717) is 11.4 Å². The second-order valence-electron chi connectivity index (χ2n) is 5.90. The lowest BCUT2D eigenvalue weighted by Crippen LogP contribution is -2.34. The van der Waals surface area contributed by atoms with Crippen molar-refractivity contribution in [3.63, 3.8) is 0 Å². The van der Waals surface area contributed by atoms with Crippen LogP contribution in [0.1, 0.15) is 23.2 Å². The molecule has 2 heterocycles. The molecule has 1 saturated heterocycles. The number of aromatic nitrogens is 1. The smallest absolute Gasteiger partial charge is 0.293 e. The Labute approximate surface area is 165 Å². The number of anilines is 2. The number of thiocarbonyl (C=S) groups is 1. The van der Waals surface area contributed by atoms with Crippen LogP contribution in [-0.2, 0) is 0 Å². The maximum atomic E-state index is 12.4. The molecule has 0 unspecified atom stereocenters. The third kappa shape index (κ3) is 4.50. The number of nitrogens with one attached hydrogen (secondary N) is 2. The molecule has 3 rings (SSSR count). The molecule has 0 atom stereocenters. The molecule has 1 aliphatic heterocycles. The Bertz CT molecular complexity index is 902. The van der Waals surface area contributed by atoms with Crippen molar-refractivity contribution in [2.24, 2.45) is 0 Å². The fraction of sp³-hybridized carbons (Fsp3) is 0.235. The van der Waals surface area contributed by atoms with Gasteiger partial charge >= 0.3 is 0 Å². The molecule has 1 aromatic heterocycles. The maximum Gasteiger partial charge on any atom is 0.293 e. The fourth-order valence-corrected chi connectivity index (χ4v) is 3.21. The fourth-order valence-electron chi connectivity index (χ4n) is 2.84. The summed E-state index contributed by atoms with van der Waals surface area (Å²) in [7, 11) is 0. The van der Waals surface area contributed by atoms with Crippen LogP contribution in [0.4, 0.5) is 17.1 Å². The molecule has 0 radical (unpaired) electrons. The van der Waals surface area contributed by atoms with Gasteiger partial charge in [0.25, 0.3) is 11.6 Å². The maximum absolute atomic E-state index is 12.4. The number of nitro groups is 1. The average molecular weight is 406 g/mol. The Hall–Kier alpha value is -2.78. The van der Waals surface area contributed by atoms with Gasteiger partial charge in [-0.05, 0) is 49.3 Å². The zero-order valence-electron chi connectivity index (χ0n) is 14.1. The minimum Gasteiger partial charge on any atom is -0.366 e. The van der Waals surface area contributed by atoms with Crippen LogP contribution < -0.4 is 15.5 Å². The summed E-state index contributed by atoms with van der Waals surface area (Å²) in [6.45, 7) is 1.54. The van der Waals surface area contributed by atoms with Crippen LogP contribution in [-0.4, -0.2) is 34.0 Å². The summed E-state index contributed by atoms with van der Waals surface area (Å²) in [6, 6.07) is 7.74. The molecule has 27 heavy (non-hydrogen) atoms. The topological polar surface area (TPSA) is 100 Å². The Kier molecular flexibility index (Phi) is 5.82. The quantitative estimate of drug-likeness (QED) is 0.348. The monoisotopic (exact) mass is 405 g/mol. The number of carbonyl (C=O) groups excluding carboxylic acids is 1. The molecule has 0 bridgehead atoms. The van der Waals surface area contributed by atoms with Crippen molar-refractivity contribution in [1.82, 2.24) is 10.3 Å². The van der Waals surface area contributed by atoms with E-state index in [0.717, 1.165) is 25.9 Å². The molecule has 1 fully saturated rings. The highest BCUT2D eigenvalue weighted by Crippen LogP contribution is 2.31. The van der Waals surface area contributed by atoms with E-state index in [1.807, 2.05) is 4.90 Å². The van der Waals surface area contributed by atoms with E-state index in [2.05, 4.69) is 15.6 Å². The van der Waals surface area contributed by atoms with E-state index >= 15 is 0 Å². The number of benzene rings is 1. The summed E-state index contributed by atoms with van der Waals surface area (Å²) >= 11 is 11.0. The molecule has 8 nitrogen and oxygen atoms in total. The first-order valence-electron chi connectivity index (χ1n) is 8.22. The first-order chi connectivity index (χ1) is 13.0. The standard InChI is InChI=1S/C17H16ClN5O3S/c18-15-12(4-3-7-19-15)20-17(27)21-16(24)11-5-6-13(14(10-11)23(25)26)22-8-1-2-9-22/h3-7,10H,1-2,8-9H2,(H2,20,21,24,27). The predicted molar refractivity (Wildman–Crippen MR) is 107 cm³/mol. The van der Waals surface area contributed by atoms with Gasteiger partial charge in [-0.25, -0.2) is 4.98 Å². The summed E-state index contributed by atoms with van der Waals surface area (Å²) in [4.78, 5) is 29.2. The number of halogens is 1. The number of nitro benzene ring substituents is 1. The van der Waals surface area contributed by atoms with Crippen LogP contribution in [0.2, 0.25) is 5.15 Å². The van der Waals surface area contributed by atoms with Crippen LogP contribution in [0, 0.1) is 10.1 Å². The van der Waals surface area contributed by atoms with Crippen LogP contribution in [0.5, 0.6) is 0 Å². The third-order valence-corrected chi connectivity index (χ3v) is 4.62. The molecule has 2 aromatic rings. The third-order valence-electron chi connectivity index (χ3n) is 4.12. The summed E-state index contributed by atoms with van der Waals surface area (Å²) < 4.78 is 0. The van der Waals surface area contributed by atoms with Crippen LogP contribution in [0.15, 0.2) is 36.5 Å².